The van der Waals surface area contributed by atoms with Crippen molar-refractivity contribution in [1.29, 1.82) is 0 Å². The normalized spacial score (nSPS) is 10.7. The van der Waals surface area contributed by atoms with Gasteiger partial charge in [-0.25, -0.2) is 15.0 Å². The molecule has 0 aliphatic heterocycles. The first kappa shape index (κ1) is 8.05. The highest BCUT2D eigenvalue weighted by Gasteiger charge is 2.04. The number of hydrogen-bond donors (Lipinski definition) is 0. The van der Waals surface area contributed by atoms with Crippen LogP contribution in [0.1, 0.15) is 0 Å². The zero-order valence-corrected chi connectivity index (χ0v) is 7.78. The molecule has 0 amide bonds. The predicted molar refractivity (Wildman–Crippen MR) is 54.5 cm³/mol. The van der Waals surface area contributed by atoms with Crippen LogP contribution < -0.4 is 0 Å². The van der Waals surface area contributed by atoms with Gasteiger partial charge in [-0.05, 0) is 12.1 Å². The molecular weight excluding hydrogens is 190 g/mol. The highest BCUT2D eigenvalue weighted by Crippen LogP contribution is 2.12. The van der Waals surface area contributed by atoms with Crippen LogP contribution in [0.2, 0.25) is 0 Å². The lowest BCUT2D eigenvalue weighted by Gasteiger charge is -1.99. The Balaban J connectivity index is 2.28. The Labute approximate surface area is 85.5 Å². The average Bonchev–Trinajstić information content (AvgIpc) is 2.74. The Morgan fingerprint density at radius 2 is 1.87 bits per heavy atom. The van der Waals surface area contributed by atoms with Crippen LogP contribution >= 0.6 is 0 Å². The van der Waals surface area contributed by atoms with Crippen LogP contribution in [0.4, 0.5) is 0 Å². The second-order valence-electron chi connectivity index (χ2n) is 3.03. The lowest BCUT2D eigenvalue weighted by atomic mass is 10.4. The first-order valence-corrected chi connectivity index (χ1v) is 4.49. The van der Waals surface area contributed by atoms with Crippen molar-refractivity contribution in [2.45, 2.75) is 0 Å². The van der Waals surface area contributed by atoms with E-state index in [4.69, 9.17) is 0 Å². The summed E-state index contributed by atoms with van der Waals surface area (Å²) >= 11 is 0. The summed E-state index contributed by atoms with van der Waals surface area (Å²) in [6.45, 7) is 0. The van der Waals surface area contributed by atoms with Crippen LogP contribution in [-0.4, -0.2) is 24.5 Å². The van der Waals surface area contributed by atoms with E-state index in [-0.39, 0.29) is 0 Å². The molecule has 3 aromatic rings. The van der Waals surface area contributed by atoms with Gasteiger partial charge in [0.05, 0.1) is 11.7 Å². The summed E-state index contributed by atoms with van der Waals surface area (Å²) in [5.74, 6) is 0.617. The van der Waals surface area contributed by atoms with Gasteiger partial charge in [-0.15, -0.1) is 0 Å². The minimum atomic E-state index is 0.617. The maximum Gasteiger partial charge on any atom is 0.235 e. The zero-order valence-electron chi connectivity index (χ0n) is 7.78. The molecule has 3 heterocycles. The van der Waals surface area contributed by atoms with Gasteiger partial charge >= 0.3 is 0 Å². The van der Waals surface area contributed by atoms with E-state index in [0.717, 1.165) is 11.0 Å². The van der Waals surface area contributed by atoms with Crippen molar-refractivity contribution in [2.75, 3.05) is 0 Å². The van der Waals surface area contributed by atoms with Crippen molar-refractivity contribution in [1.82, 2.24) is 24.5 Å². The number of aromatic nitrogens is 5. The molecule has 0 aliphatic rings. The molecule has 0 saturated carbocycles. The first-order chi connectivity index (χ1) is 7.45. The van der Waals surface area contributed by atoms with Crippen molar-refractivity contribution in [3.05, 3.63) is 43.2 Å². The Morgan fingerprint density at radius 3 is 2.73 bits per heavy atom. The summed E-state index contributed by atoms with van der Waals surface area (Å²) in [6.07, 6.45) is 8.55. The molecule has 5 nitrogen and oxygen atoms in total. The van der Waals surface area contributed by atoms with Crippen molar-refractivity contribution >= 4 is 11.0 Å². The third-order valence-electron chi connectivity index (χ3n) is 2.12. The fourth-order valence-electron chi connectivity index (χ4n) is 1.44. The summed E-state index contributed by atoms with van der Waals surface area (Å²) in [4.78, 5) is 16.5. The highest BCUT2D eigenvalue weighted by molar-refractivity contribution is 5.75. The highest BCUT2D eigenvalue weighted by atomic mass is 15.2. The van der Waals surface area contributed by atoms with Gasteiger partial charge in [-0.3, -0.25) is 9.55 Å². The maximum absolute atomic E-state index is 4.22. The molecule has 0 N–H and O–H groups in total. The lowest BCUT2D eigenvalue weighted by Crippen LogP contribution is -1.97. The molecule has 0 unspecified atom stereocenters. The number of fused-ring (bicyclic) bond motifs is 1. The Bertz CT molecular complexity index is 587. The van der Waals surface area contributed by atoms with Crippen molar-refractivity contribution in [3.63, 3.8) is 0 Å². The number of pyridine rings is 1. The largest absolute Gasteiger partial charge is 0.267 e. The predicted octanol–water partition coefficient (Wildman–Crippen LogP) is 1.21. The van der Waals surface area contributed by atoms with Crippen molar-refractivity contribution in [3.8, 4) is 5.95 Å². The molecule has 0 radical (unpaired) electrons. The topological polar surface area (TPSA) is 56.5 Å². The molecular formula is C10H7N5. The number of rotatable bonds is 1. The lowest BCUT2D eigenvalue weighted by molar-refractivity contribution is 0.948. The molecule has 3 rings (SSSR count). The van der Waals surface area contributed by atoms with Gasteiger partial charge in [0, 0.05) is 18.6 Å². The van der Waals surface area contributed by atoms with Crippen LogP contribution in [0.25, 0.3) is 17.0 Å². The quantitative estimate of drug-likeness (QED) is 0.588. The zero-order chi connectivity index (χ0) is 10.1. The summed E-state index contributed by atoms with van der Waals surface area (Å²) < 4.78 is 1.83. The van der Waals surface area contributed by atoms with Gasteiger partial charge in [0.2, 0.25) is 5.95 Å². The van der Waals surface area contributed by atoms with Crippen LogP contribution in [-0.2, 0) is 0 Å². The van der Waals surface area contributed by atoms with Crippen molar-refractivity contribution < 1.29 is 0 Å². The van der Waals surface area contributed by atoms with Gasteiger partial charge in [0.25, 0.3) is 0 Å². The molecule has 0 aromatic carbocycles. The fourth-order valence-corrected chi connectivity index (χ4v) is 1.44. The maximum atomic E-state index is 4.22. The van der Waals surface area contributed by atoms with E-state index < -0.39 is 0 Å². The molecule has 3 aromatic heterocycles. The van der Waals surface area contributed by atoms with E-state index in [0.29, 0.717) is 5.95 Å². The molecule has 0 aliphatic carbocycles. The van der Waals surface area contributed by atoms with E-state index in [9.17, 15) is 0 Å². The first-order valence-electron chi connectivity index (χ1n) is 4.49. The molecule has 0 fully saturated rings. The second kappa shape index (κ2) is 3.13. The molecule has 0 saturated heterocycles. The monoisotopic (exact) mass is 197 g/mol. The summed E-state index contributed by atoms with van der Waals surface area (Å²) in [5.41, 5.74) is 1.79. The molecule has 0 bridgehead atoms. The fraction of sp³-hybridized carbons (Fsp3) is 0. The van der Waals surface area contributed by atoms with Crippen molar-refractivity contribution in [2.24, 2.45) is 0 Å². The van der Waals surface area contributed by atoms with E-state index in [1.165, 1.54) is 0 Å². The third-order valence-corrected chi connectivity index (χ3v) is 2.12. The Morgan fingerprint density at radius 1 is 1.00 bits per heavy atom. The third kappa shape index (κ3) is 1.25. The average molecular weight is 197 g/mol. The standard InChI is InChI=1S/C10H7N5/c1-3-12-10(13-4-1)15-7-14-8-6-11-5-2-9(8)15/h1-7H. The molecule has 5 heteroatoms. The number of nitrogens with zero attached hydrogens (tertiary/aromatic N) is 5. The Kier molecular flexibility index (Phi) is 1.68. The van der Waals surface area contributed by atoms with Gasteiger partial charge in [-0.1, -0.05) is 0 Å². The van der Waals surface area contributed by atoms with Gasteiger partial charge < -0.3 is 0 Å². The summed E-state index contributed by atoms with van der Waals surface area (Å²) in [5, 5.41) is 0. The van der Waals surface area contributed by atoms with Crippen LogP contribution in [0, 0.1) is 0 Å². The molecule has 0 spiro atoms. The van der Waals surface area contributed by atoms with Crippen LogP contribution in [0.3, 0.4) is 0 Å². The van der Waals surface area contributed by atoms with E-state index in [1.807, 2.05) is 10.6 Å². The summed E-state index contributed by atoms with van der Waals surface area (Å²) in [6, 6.07) is 3.67. The van der Waals surface area contributed by atoms with Gasteiger partial charge in [-0.2, -0.15) is 0 Å². The molecule has 72 valence electrons. The SMILES string of the molecule is c1cnc(-n2cnc3cnccc32)nc1. The molecule has 15 heavy (non-hydrogen) atoms. The van der Waals surface area contributed by atoms with Crippen LogP contribution in [0.15, 0.2) is 43.2 Å². The van der Waals surface area contributed by atoms with Gasteiger partial charge in [0.15, 0.2) is 0 Å². The Hall–Kier alpha value is -2.30. The van der Waals surface area contributed by atoms with E-state index in [2.05, 4.69) is 19.9 Å². The summed E-state index contributed by atoms with van der Waals surface area (Å²) in [7, 11) is 0. The van der Waals surface area contributed by atoms with Gasteiger partial charge in [0.1, 0.15) is 11.8 Å². The van der Waals surface area contributed by atoms with Crippen LogP contribution in [0.5, 0.6) is 0 Å². The minimum absolute atomic E-state index is 0.617. The molecule has 0 atom stereocenters. The van der Waals surface area contributed by atoms with E-state index in [1.54, 1.807) is 37.2 Å². The smallest absolute Gasteiger partial charge is 0.235 e. The minimum Gasteiger partial charge on any atom is -0.267 e. The number of hydrogen-bond acceptors (Lipinski definition) is 4. The van der Waals surface area contributed by atoms with E-state index >= 15 is 0 Å². The number of imidazole rings is 1. The second-order valence-corrected chi connectivity index (χ2v) is 3.03.